The van der Waals surface area contributed by atoms with Gasteiger partial charge in [0.05, 0.1) is 13.2 Å². The van der Waals surface area contributed by atoms with E-state index in [2.05, 4.69) is 18.9 Å². The minimum Gasteiger partial charge on any atom is -0.467 e. The summed E-state index contributed by atoms with van der Waals surface area (Å²) in [6.07, 6.45) is 5.92. The SMILES string of the molecule is CCC[C@@H]1O[C@H](CCC)[C@@]2(C(=O)OC)CC=NN12. The largest absolute Gasteiger partial charge is 0.467 e. The first-order valence-corrected chi connectivity index (χ1v) is 6.76. The summed E-state index contributed by atoms with van der Waals surface area (Å²) in [5.74, 6) is -0.225. The lowest BCUT2D eigenvalue weighted by Crippen LogP contribution is -2.54. The fourth-order valence-electron chi connectivity index (χ4n) is 2.93. The Bertz CT molecular complexity index is 345. The highest BCUT2D eigenvalue weighted by atomic mass is 16.6. The van der Waals surface area contributed by atoms with Gasteiger partial charge in [-0.05, 0) is 12.8 Å². The van der Waals surface area contributed by atoms with Gasteiger partial charge in [-0.2, -0.15) is 5.10 Å². The lowest BCUT2D eigenvalue weighted by Gasteiger charge is -2.32. The molecule has 0 unspecified atom stereocenters. The van der Waals surface area contributed by atoms with Crippen molar-refractivity contribution in [2.75, 3.05) is 7.11 Å². The molecule has 3 atom stereocenters. The van der Waals surface area contributed by atoms with E-state index in [-0.39, 0.29) is 18.3 Å². The van der Waals surface area contributed by atoms with E-state index in [0.29, 0.717) is 6.42 Å². The fourth-order valence-corrected chi connectivity index (χ4v) is 2.93. The maximum Gasteiger partial charge on any atom is 0.336 e. The average molecular weight is 254 g/mol. The summed E-state index contributed by atoms with van der Waals surface area (Å²) < 4.78 is 11.0. The highest BCUT2D eigenvalue weighted by molar-refractivity contribution is 5.87. The molecule has 0 aromatic carbocycles. The van der Waals surface area contributed by atoms with E-state index in [1.165, 1.54) is 7.11 Å². The van der Waals surface area contributed by atoms with Crippen molar-refractivity contribution in [2.24, 2.45) is 5.10 Å². The molecule has 5 nitrogen and oxygen atoms in total. The van der Waals surface area contributed by atoms with Crippen molar-refractivity contribution in [1.29, 1.82) is 0 Å². The van der Waals surface area contributed by atoms with Crippen LogP contribution >= 0.6 is 0 Å². The number of esters is 1. The Morgan fingerprint density at radius 1 is 1.50 bits per heavy atom. The van der Waals surface area contributed by atoms with Gasteiger partial charge in [0.15, 0.2) is 5.54 Å². The van der Waals surface area contributed by atoms with Crippen LogP contribution in [0, 0.1) is 0 Å². The van der Waals surface area contributed by atoms with Crippen LogP contribution < -0.4 is 0 Å². The molecule has 2 aliphatic heterocycles. The van der Waals surface area contributed by atoms with Crippen LogP contribution in [0.15, 0.2) is 5.10 Å². The second-order valence-electron chi connectivity index (χ2n) is 4.92. The molecule has 1 saturated heterocycles. The molecule has 1 fully saturated rings. The molecule has 5 heteroatoms. The Morgan fingerprint density at radius 2 is 2.22 bits per heavy atom. The number of nitrogens with zero attached hydrogens (tertiary/aromatic N) is 2. The van der Waals surface area contributed by atoms with E-state index in [0.717, 1.165) is 25.7 Å². The number of hydrazone groups is 1. The summed E-state index contributed by atoms with van der Waals surface area (Å²) in [4.78, 5) is 12.2. The van der Waals surface area contributed by atoms with Gasteiger partial charge in [0, 0.05) is 12.6 Å². The van der Waals surface area contributed by atoms with E-state index in [1.54, 1.807) is 0 Å². The van der Waals surface area contributed by atoms with Crippen LogP contribution in [0.25, 0.3) is 0 Å². The summed E-state index contributed by atoms with van der Waals surface area (Å²) in [6.45, 7) is 4.21. The van der Waals surface area contributed by atoms with Gasteiger partial charge in [-0.1, -0.05) is 26.7 Å². The molecule has 0 N–H and O–H groups in total. The Hall–Kier alpha value is -1.10. The fraction of sp³-hybridized carbons (Fsp3) is 0.846. The van der Waals surface area contributed by atoms with Crippen LogP contribution in [0.5, 0.6) is 0 Å². The normalized spacial score (nSPS) is 33.8. The minimum absolute atomic E-state index is 0.0931. The lowest BCUT2D eigenvalue weighted by atomic mass is 9.87. The van der Waals surface area contributed by atoms with Gasteiger partial charge in [-0.15, -0.1) is 0 Å². The smallest absolute Gasteiger partial charge is 0.336 e. The number of hydrogen-bond acceptors (Lipinski definition) is 5. The molecule has 0 aliphatic carbocycles. The number of rotatable bonds is 5. The van der Waals surface area contributed by atoms with Gasteiger partial charge >= 0.3 is 5.97 Å². The number of carbonyl (C=O) groups excluding carboxylic acids is 1. The standard InChI is InChI=1S/C13H22N2O3/c1-4-6-10-13(12(16)17-3)8-9-14-15(13)11(18-10)7-5-2/h9-11H,4-8H2,1-3H3/t10-,11+,13-/m1/s1. The number of carbonyl (C=O) groups is 1. The van der Waals surface area contributed by atoms with Gasteiger partial charge in [0.2, 0.25) is 0 Å². The van der Waals surface area contributed by atoms with E-state index < -0.39 is 5.54 Å². The van der Waals surface area contributed by atoms with Crippen LogP contribution in [0.3, 0.4) is 0 Å². The van der Waals surface area contributed by atoms with Gasteiger partial charge < -0.3 is 9.47 Å². The molecule has 0 amide bonds. The third-order valence-electron chi connectivity index (χ3n) is 3.77. The predicted octanol–water partition coefficient (Wildman–Crippen LogP) is 1.91. The molecule has 18 heavy (non-hydrogen) atoms. The third kappa shape index (κ3) is 1.81. The van der Waals surface area contributed by atoms with Gasteiger partial charge in [-0.25, -0.2) is 9.80 Å². The second-order valence-corrected chi connectivity index (χ2v) is 4.92. The molecule has 0 radical (unpaired) electrons. The molecule has 102 valence electrons. The number of ether oxygens (including phenoxy) is 2. The molecule has 0 aromatic rings. The average Bonchev–Trinajstić information content (AvgIpc) is 2.91. The first-order valence-electron chi connectivity index (χ1n) is 6.76. The van der Waals surface area contributed by atoms with Crippen LogP contribution in [0.4, 0.5) is 0 Å². The third-order valence-corrected chi connectivity index (χ3v) is 3.77. The maximum absolute atomic E-state index is 12.2. The molecule has 0 aromatic heterocycles. The van der Waals surface area contributed by atoms with Crippen molar-refractivity contribution in [1.82, 2.24) is 5.01 Å². The highest BCUT2D eigenvalue weighted by Gasteiger charge is 2.61. The van der Waals surface area contributed by atoms with Crippen molar-refractivity contribution in [2.45, 2.75) is 63.8 Å². The Morgan fingerprint density at radius 3 is 2.83 bits per heavy atom. The van der Waals surface area contributed by atoms with E-state index >= 15 is 0 Å². The van der Waals surface area contributed by atoms with E-state index in [1.807, 2.05) is 11.2 Å². The van der Waals surface area contributed by atoms with E-state index in [9.17, 15) is 4.79 Å². The molecule has 0 bridgehead atoms. The maximum atomic E-state index is 12.2. The minimum atomic E-state index is -0.718. The van der Waals surface area contributed by atoms with Gasteiger partial charge in [0.1, 0.15) is 6.23 Å². The quantitative estimate of drug-likeness (QED) is 0.703. The predicted molar refractivity (Wildman–Crippen MR) is 68.2 cm³/mol. The van der Waals surface area contributed by atoms with Crippen molar-refractivity contribution >= 4 is 12.2 Å². The lowest BCUT2D eigenvalue weighted by molar-refractivity contribution is -0.154. The second kappa shape index (κ2) is 5.26. The van der Waals surface area contributed by atoms with Crippen LogP contribution in [-0.2, 0) is 14.3 Å². The molecular weight excluding hydrogens is 232 g/mol. The summed E-state index contributed by atoms with van der Waals surface area (Å²) >= 11 is 0. The molecule has 2 heterocycles. The van der Waals surface area contributed by atoms with E-state index in [4.69, 9.17) is 9.47 Å². The summed E-state index contributed by atoms with van der Waals surface area (Å²) in [5, 5.41) is 6.19. The topological polar surface area (TPSA) is 51.1 Å². The molecule has 2 aliphatic rings. The number of fused-ring (bicyclic) bond motifs is 1. The summed E-state index contributed by atoms with van der Waals surface area (Å²) in [5.41, 5.74) is -0.718. The molecule has 2 rings (SSSR count). The van der Waals surface area contributed by atoms with Crippen molar-refractivity contribution < 1.29 is 14.3 Å². The van der Waals surface area contributed by atoms with Crippen molar-refractivity contribution in [3.8, 4) is 0 Å². The van der Waals surface area contributed by atoms with Gasteiger partial charge in [-0.3, -0.25) is 0 Å². The van der Waals surface area contributed by atoms with Gasteiger partial charge in [0.25, 0.3) is 0 Å². The van der Waals surface area contributed by atoms with Crippen molar-refractivity contribution in [3.63, 3.8) is 0 Å². The Labute approximate surface area is 108 Å². The van der Waals surface area contributed by atoms with Crippen LogP contribution in [-0.4, -0.2) is 42.2 Å². The Kier molecular flexibility index (Phi) is 3.90. The zero-order valence-electron chi connectivity index (χ0n) is 11.4. The summed E-state index contributed by atoms with van der Waals surface area (Å²) in [6, 6.07) is 0. The molecular formula is C13H22N2O3. The Balaban J connectivity index is 2.29. The highest BCUT2D eigenvalue weighted by Crippen LogP contribution is 2.43. The zero-order valence-corrected chi connectivity index (χ0v) is 11.4. The first kappa shape index (κ1) is 13.3. The number of methoxy groups -OCH3 is 1. The van der Waals surface area contributed by atoms with Crippen molar-refractivity contribution in [3.05, 3.63) is 0 Å². The molecule has 0 spiro atoms. The summed E-state index contributed by atoms with van der Waals surface area (Å²) in [7, 11) is 1.43. The zero-order chi connectivity index (χ0) is 13.2. The monoisotopic (exact) mass is 254 g/mol. The first-order chi connectivity index (χ1) is 8.70. The number of hydrogen-bond donors (Lipinski definition) is 0. The van der Waals surface area contributed by atoms with Crippen LogP contribution in [0.2, 0.25) is 0 Å². The van der Waals surface area contributed by atoms with Crippen LogP contribution in [0.1, 0.15) is 46.0 Å². The molecule has 0 saturated carbocycles.